The number of ether oxygens (including phenoxy) is 1. The standard InChI is InChI=1S/C17H21NO2/c1-4-20-15-10-9-13-7-5-6-8-14(13)16(15)17(19)18-11-12(2)3/h5-10,12H,4,11H2,1-3H3,(H,18,19). The summed E-state index contributed by atoms with van der Waals surface area (Å²) in [6.07, 6.45) is 0. The molecule has 2 rings (SSSR count). The Morgan fingerprint density at radius 2 is 1.95 bits per heavy atom. The summed E-state index contributed by atoms with van der Waals surface area (Å²) in [5.41, 5.74) is 0.630. The molecule has 0 radical (unpaired) electrons. The lowest BCUT2D eigenvalue weighted by Crippen LogP contribution is -2.28. The molecule has 0 saturated carbocycles. The molecule has 1 N–H and O–H groups in total. The molecule has 0 spiro atoms. The van der Waals surface area contributed by atoms with E-state index in [0.717, 1.165) is 10.8 Å². The minimum Gasteiger partial charge on any atom is -0.493 e. The van der Waals surface area contributed by atoms with Gasteiger partial charge in [0, 0.05) is 6.54 Å². The van der Waals surface area contributed by atoms with Crippen LogP contribution in [0.3, 0.4) is 0 Å². The van der Waals surface area contributed by atoms with Crippen molar-refractivity contribution in [1.82, 2.24) is 5.32 Å². The SMILES string of the molecule is CCOc1ccc2ccccc2c1C(=O)NCC(C)C. The Balaban J connectivity index is 2.46. The molecule has 3 nitrogen and oxygen atoms in total. The van der Waals surface area contributed by atoms with Gasteiger partial charge in [0.15, 0.2) is 0 Å². The molecule has 0 saturated heterocycles. The van der Waals surface area contributed by atoms with Gasteiger partial charge in [-0.25, -0.2) is 0 Å². The third-order valence-corrected chi connectivity index (χ3v) is 3.09. The quantitative estimate of drug-likeness (QED) is 0.902. The highest BCUT2D eigenvalue weighted by atomic mass is 16.5. The molecule has 2 aromatic carbocycles. The van der Waals surface area contributed by atoms with Gasteiger partial charge in [0.2, 0.25) is 0 Å². The Bertz CT molecular complexity index is 605. The van der Waals surface area contributed by atoms with Gasteiger partial charge in [-0.2, -0.15) is 0 Å². The topological polar surface area (TPSA) is 38.3 Å². The van der Waals surface area contributed by atoms with Crippen LogP contribution in [0.2, 0.25) is 0 Å². The van der Waals surface area contributed by atoms with Gasteiger partial charge < -0.3 is 10.1 Å². The van der Waals surface area contributed by atoms with E-state index in [0.29, 0.717) is 30.4 Å². The first-order valence-electron chi connectivity index (χ1n) is 7.06. The third kappa shape index (κ3) is 3.10. The molecule has 0 aliphatic rings. The van der Waals surface area contributed by atoms with Crippen molar-refractivity contribution in [2.75, 3.05) is 13.2 Å². The molecular weight excluding hydrogens is 250 g/mol. The zero-order valence-corrected chi connectivity index (χ0v) is 12.3. The van der Waals surface area contributed by atoms with Gasteiger partial charge in [-0.1, -0.05) is 44.2 Å². The molecule has 1 amide bonds. The molecule has 0 heterocycles. The van der Waals surface area contributed by atoms with Crippen molar-refractivity contribution < 1.29 is 9.53 Å². The molecule has 0 aliphatic carbocycles. The lowest BCUT2D eigenvalue weighted by atomic mass is 10.0. The van der Waals surface area contributed by atoms with E-state index in [9.17, 15) is 4.79 Å². The zero-order chi connectivity index (χ0) is 14.5. The van der Waals surface area contributed by atoms with Crippen LogP contribution in [0.4, 0.5) is 0 Å². The Morgan fingerprint density at radius 3 is 2.65 bits per heavy atom. The Labute approximate surface area is 119 Å². The number of hydrogen-bond donors (Lipinski definition) is 1. The minimum absolute atomic E-state index is 0.0704. The molecule has 0 unspecified atom stereocenters. The van der Waals surface area contributed by atoms with Crippen molar-refractivity contribution in [2.45, 2.75) is 20.8 Å². The van der Waals surface area contributed by atoms with E-state index in [-0.39, 0.29) is 5.91 Å². The van der Waals surface area contributed by atoms with E-state index in [1.807, 2.05) is 43.3 Å². The first-order valence-corrected chi connectivity index (χ1v) is 7.06. The summed E-state index contributed by atoms with van der Waals surface area (Å²) in [5.74, 6) is 0.996. The van der Waals surface area contributed by atoms with Crippen molar-refractivity contribution in [3.05, 3.63) is 42.0 Å². The van der Waals surface area contributed by atoms with Gasteiger partial charge in [0.1, 0.15) is 5.75 Å². The summed E-state index contributed by atoms with van der Waals surface area (Å²) in [6.45, 7) is 7.28. The van der Waals surface area contributed by atoms with Gasteiger partial charge in [-0.15, -0.1) is 0 Å². The highest BCUT2D eigenvalue weighted by Gasteiger charge is 2.16. The maximum absolute atomic E-state index is 12.5. The molecule has 0 atom stereocenters. The molecule has 0 aromatic heterocycles. The van der Waals surface area contributed by atoms with Crippen molar-refractivity contribution in [3.63, 3.8) is 0 Å². The summed E-state index contributed by atoms with van der Waals surface area (Å²) < 4.78 is 5.61. The Morgan fingerprint density at radius 1 is 1.20 bits per heavy atom. The van der Waals surface area contributed by atoms with Crippen LogP contribution in [0.1, 0.15) is 31.1 Å². The maximum atomic E-state index is 12.5. The number of benzene rings is 2. The first kappa shape index (κ1) is 14.4. The van der Waals surface area contributed by atoms with Crippen molar-refractivity contribution in [2.24, 2.45) is 5.92 Å². The molecule has 106 valence electrons. The second-order valence-electron chi connectivity index (χ2n) is 5.20. The molecular formula is C17H21NO2. The van der Waals surface area contributed by atoms with Crippen molar-refractivity contribution in [3.8, 4) is 5.75 Å². The third-order valence-electron chi connectivity index (χ3n) is 3.09. The first-order chi connectivity index (χ1) is 9.63. The highest BCUT2D eigenvalue weighted by molar-refractivity contribution is 6.09. The molecule has 0 bridgehead atoms. The summed E-state index contributed by atoms with van der Waals surface area (Å²) in [4.78, 5) is 12.5. The normalized spacial score (nSPS) is 10.8. The fourth-order valence-electron chi connectivity index (χ4n) is 2.15. The van der Waals surface area contributed by atoms with E-state index in [1.54, 1.807) is 0 Å². The monoisotopic (exact) mass is 271 g/mol. The van der Waals surface area contributed by atoms with Crippen LogP contribution >= 0.6 is 0 Å². The number of carbonyl (C=O) groups is 1. The number of nitrogens with one attached hydrogen (secondary N) is 1. The van der Waals surface area contributed by atoms with Gasteiger partial charge >= 0.3 is 0 Å². The number of hydrogen-bond acceptors (Lipinski definition) is 2. The zero-order valence-electron chi connectivity index (χ0n) is 12.3. The van der Waals surface area contributed by atoms with Crippen molar-refractivity contribution >= 4 is 16.7 Å². The Hall–Kier alpha value is -2.03. The fraction of sp³-hybridized carbons (Fsp3) is 0.353. The summed E-state index contributed by atoms with van der Waals surface area (Å²) in [6, 6.07) is 11.7. The van der Waals surface area contributed by atoms with E-state index < -0.39 is 0 Å². The predicted octanol–water partition coefficient (Wildman–Crippen LogP) is 3.62. The average molecular weight is 271 g/mol. The molecule has 20 heavy (non-hydrogen) atoms. The average Bonchev–Trinajstić information content (AvgIpc) is 2.45. The van der Waals surface area contributed by atoms with E-state index in [2.05, 4.69) is 19.2 Å². The number of carbonyl (C=O) groups excluding carboxylic acids is 1. The van der Waals surface area contributed by atoms with E-state index in [1.165, 1.54) is 0 Å². The molecule has 0 aliphatic heterocycles. The number of amides is 1. The van der Waals surface area contributed by atoms with Gasteiger partial charge in [-0.3, -0.25) is 4.79 Å². The van der Waals surface area contributed by atoms with Crippen LogP contribution in [-0.4, -0.2) is 19.1 Å². The van der Waals surface area contributed by atoms with Crippen molar-refractivity contribution in [1.29, 1.82) is 0 Å². The minimum atomic E-state index is -0.0704. The number of fused-ring (bicyclic) bond motifs is 1. The van der Waals surface area contributed by atoms with Crippen LogP contribution in [0.25, 0.3) is 10.8 Å². The van der Waals surface area contributed by atoms with E-state index >= 15 is 0 Å². The number of rotatable bonds is 5. The van der Waals surface area contributed by atoms with Crippen LogP contribution in [-0.2, 0) is 0 Å². The second-order valence-corrected chi connectivity index (χ2v) is 5.20. The summed E-state index contributed by atoms with van der Waals surface area (Å²) >= 11 is 0. The molecule has 0 fully saturated rings. The van der Waals surface area contributed by atoms with Gasteiger partial charge in [0.25, 0.3) is 5.91 Å². The largest absolute Gasteiger partial charge is 0.493 e. The van der Waals surface area contributed by atoms with Gasteiger partial charge in [-0.05, 0) is 29.7 Å². The van der Waals surface area contributed by atoms with Gasteiger partial charge in [0.05, 0.1) is 12.2 Å². The smallest absolute Gasteiger partial charge is 0.255 e. The van der Waals surface area contributed by atoms with Crippen LogP contribution in [0, 0.1) is 5.92 Å². The fourth-order valence-corrected chi connectivity index (χ4v) is 2.15. The molecule has 3 heteroatoms. The lowest BCUT2D eigenvalue weighted by Gasteiger charge is -2.14. The Kier molecular flexibility index (Phi) is 4.61. The van der Waals surface area contributed by atoms with Crippen LogP contribution in [0.15, 0.2) is 36.4 Å². The second kappa shape index (κ2) is 6.42. The predicted molar refractivity (Wildman–Crippen MR) is 82.3 cm³/mol. The highest BCUT2D eigenvalue weighted by Crippen LogP contribution is 2.28. The van der Waals surface area contributed by atoms with E-state index in [4.69, 9.17) is 4.74 Å². The summed E-state index contributed by atoms with van der Waals surface area (Å²) in [7, 11) is 0. The summed E-state index contributed by atoms with van der Waals surface area (Å²) in [5, 5.41) is 4.95. The molecule has 2 aromatic rings. The van der Waals surface area contributed by atoms with Crippen LogP contribution < -0.4 is 10.1 Å². The lowest BCUT2D eigenvalue weighted by molar-refractivity contribution is 0.0947. The maximum Gasteiger partial charge on any atom is 0.255 e. The van der Waals surface area contributed by atoms with Crippen LogP contribution in [0.5, 0.6) is 5.75 Å².